The molecule has 2 aliphatic carbocycles. The van der Waals surface area contributed by atoms with E-state index in [-0.39, 0.29) is 5.41 Å². The van der Waals surface area contributed by atoms with Crippen molar-refractivity contribution in [3.8, 4) is 0 Å². The van der Waals surface area contributed by atoms with Gasteiger partial charge in [0.05, 0.1) is 0 Å². The first kappa shape index (κ1) is 10.2. The molecule has 2 nitrogen and oxygen atoms in total. The quantitative estimate of drug-likeness (QED) is 0.749. The number of rotatable bonds is 3. The van der Waals surface area contributed by atoms with Gasteiger partial charge in [0, 0.05) is 17.9 Å². The number of carbonyl (C=O) groups is 1. The first-order chi connectivity index (χ1) is 6.68. The van der Waals surface area contributed by atoms with E-state index in [1.807, 2.05) is 0 Å². The van der Waals surface area contributed by atoms with Crippen LogP contribution in [-0.2, 0) is 4.79 Å². The number of carbonyl (C=O) groups excluding carboxylic acids is 1. The summed E-state index contributed by atoms with van der Waals surface area (Å²) in [5.74, 6) is 1.67. The Morgan fingerprint density at radius 3 is 2.29 bits per heavy atom. The van der Waals surface area contributed by atoms with E-state index in [1.54, 1.807) is 0 Å². The molecular formula is C12H21NO. The fraction of sp³-hybridized carbons (Fsp3) is 0.917. The molecule has 80 valence electrons. The topological polar surface area (TPSA) is 43.1 Å². The normalized spacial score (nSPS) is 38.3. The second-order valence-corrected chi connectivity index (χ2v) is 5.31. The molecule has 2 fully saturated rings. The number of Topliss-reactive ketones (excluding diaryl/α,β-unsaturated/α-hetero) is 1. The minimum absolute atomic E-state index is 0.117. The predicted molar refractivity (Wildman–Crippen MR) is 56.9 cm³/mol. The lowest BCUT2D eigenvalue weighted by Crippen LogP contribution is -2.42. The molecule has 0 atom stereocenters. The summed E-state index contributed by atoms with van der Waals surface area (Å²) in [6.07, 6.45) is 6.71. The smallest absolute Gasteiger partial charge is 0.143 e. The molecule has 2 saturated carbocycles. The maximum absolute atomic E-state index is 12.1. The maximum atomic E-state index is 12.1. The average molecular weight is 195 g/mol. The van der Waals surface area contributed by atoms with Crippen LogP contribution in [0.25, 0.3) is 0 Å². The maximum Gasteiger partial charge on any atom is 0.143 e. The molecule has 0 aromatic rings. The van der Waals surface area contributed by atoms with Crippen LogP contribution in [0.15, 0.2) is 0 Å². The lowest BCUT2D eigenvalue weighted by Gasteiger charge is -2.37. The number of nitrogens with two attached hydrogens (primary N) is 1. The van der Waals surface area contributed by atoms with Crippen molar-refractivity contribution < 1.29 is 4.79 Å². The standard InChI is InChI=1S/C12H21NO/c1-9-4-6-12(8-13,7-5-9)11(14)10-2-3-10/h9-10H,2-8,13H2,1H3. The Morgan fingerprint density at radius 1 is 1.29 bits per heavy atom. The Bertz CT molecular complexity index is 224. The van der Waals surface area contributed by atoms with Crippen molar-refractivity contribution in [3.63, 3.8) is 0 Å². The van der Waals surface area contributed by atoms with E-state index in [0.29, 0.717) is 18.2 Å². The molecule has 2 heteroatoms. The van der Waals surface area contributed by atoms with Gasteiger partial charge in [-0.05, 0) is 44.4 Å². The molecule has 0 aromatic carbocycles. The van der Waals surface area contributed by atoms with Gasteiger partial charge in [0.2, 0.25) is 0 Å². The zero-order valence-corrected chi connectivity index (χ0v) is 9.09. The van der Waals surface area contributed by atoms with Crippen LogP contribution in [0.4, 0.5) is 0 Å². The van der Waals surface area contributed by atoms with Crippen molar-refractivity contribution >= 4 is 5.78 Å². The SMILES string of the molecule is CC1CCC(CN)(C(=O)C2CC2)CC1. The Labute approximate surface area is 86.2 Å². The summed E-state index contributed by atoms with van der Waals surface area (Å²) in [4.78, 5) is 12.1. The molecule has 0 aromatic heterocycles. The highest BCUT2D eigenvalue weighted by molar-refractivity contribution is 5.89. The summed E-state index contributed by atoms with van der Waals surface area (Å²) in [6, 6.07) is 0. The fourth-order valence-electron chi connectivity index (χ4n) is 2.64. The molecule has 0 radical (unpaired) electrons. The van der Waals surface area contributed by atoms with Crippen molar-refractivity contribution in [1.82, 2.24) is 0 Å². The molecule has 0 heterocycles. The Morgan fingerprint density at radius 2 is 1.86 bits per heavy atom. The van der Waals surface area contributed by atoms with Gasteiger partial charge in [0.15, 0.2) is 0 Å². The molecule has 0 spiro atoms. The lowest BCUT2D eigenvalue weighted by molar-refractivity contribution is -0.131. The van der Waals surface area contributed by atoms with Gasteiger partial charge in [-0.25, -0.2) is 0 Å². The van der Waals surface area contributed by atoms with Crippen LogP contribution in [0.1, 0.15) is 45.4 Å². The zero-order chi connectivity index (χ0) is 10.2. The highest BCUT2D eigenvalue weighted by atomic mass is 16.1. The Balaban J connectivity index is 2.05. The van der Waals surface area contributed by atoms with Crippen LogP contribution in [0.2, 0.25) is 0 Å². The van der Waals surface area contributed by atoms with Crippen LogP contribution in [-0.4, -0.2) is 12.3 Å². The summed E-state index contributed by atoms with van der Waals surface area (Å²) >= 11 is 0. The van der Waals surface area contributed by atoms with Crippen LogP contribution < -0.4 is 5.73 Å². The van der Waals surface area contributed by atoms with Crippen LogP contribution in [0.5, 0.6) is 0 Å². The third kappa shape index (κ3) is 1.72. The van der Waals surface area contributed by atoms with Crippen molar-refractivity contribution in [2.45, 2.75) is 45.4 Å². The average Bonchev–Trinajstić information content (AvgIpc) is 3.02. The first-order valence-electron chi connectivity index (χ1n) is 5.92. The van der Waals surface area contributed by atoms with Crippen molar-refractivity contribution in [2.24, 2.45) is 23.0 Å². The molecule has 0 saturated heterocycles. The summed E-state index contributed by atoms with van der Waals surface area (Å²) in [7, 11) is 0. The number of hydrogen-bond donors (Lipinski definition) is 1. The van der Waals surface area contributed by atoms with E-state index in [0.717, 1.165) is 31.6 Å². The van der Waals surface area contributed by atoms with Crippen LogP contribution >= 0.6 is 0 Å². The first-order valence-corrected chi connectivity index (χ1v) is 5.92. The van der Waals surface area contributed by atoms with E-state index in [9.17, 15) is 4.79 Å². The van der Waals surface area contributed by atoms with Gasteiger partial charge in [0.1, 0.15) is 5.78 Å². The van der Waals surface area contributed by atoms with Gasteiger partial charge in [-0.3, -0.25) is 4.79 Å². The largest absolute Gasteiger partial charge is 0.329 e. The molecule has 2 N–H and O–H groups in total. The van der Waals surface area contributed by atoms with E-state index in [4.69, 9.17) is 5.73 Å². The van der Waals surface area contributed by atoms with Gasteiger partial charge in [-0.1, -0.05) is 6.92 Å². The van der Waals surface area contributed by atoms with E-state index >= 15 is 0 Å². The summed E-state index contributed by atoms with van der Waals surface area (Å²) in [6.45, 7) is 2.86. The molecule has 0 aliphatic heterocycles. The van der Waals surface area contributed by atoms with E-state index in [2.05, 4.69) is 6.92 Å². The van der Waals surface area contributed by atoms with Gasteiger partial charge >= 0.3 is 0 Å². The molecule has 2 rings (SSSR count). The minimum atomic E-state index is -0.117. The van der Waals surface area contributed by atoms with E-state index in [1.165, 1.54) is 12.8 Å². The summed E-state index contributed by atoms with van der Waals surface area (Å²) in [5, 5.41) is 0. The van der Waals surface area contributed by atoms with Gasteiger partial charge in [-0.15, -0.1) is 0 Å². The molecule has 0 unspecified atom stereocenters. The molecular weight excluding hydrogens is 174 g/mol. The van der Waals surface area contributed by atoms with Crippen LogP contribution in [0, 0.1) is 17.3 Å². The predicted octanol–water partition coefficient (Wildman–Crippen LogP) is 2.12. The highest BCUT2D eigenvalue weighted by Crippen LogP contribution is 2.45. The Kier molecular flexibility index (Phi) is 2.65. The summed E-state index contributed by atoms with van der Waals surface area (Å²) in [5.41, 5.74) is 5.71. The third-order valence-electron chi connectivity index (χ3n) is 4.09. The Hall–Kier alpha value is -0.370. The van der Waals surface area contributed by atoms with E-state index < -0.39 is 0 Å². The number of hydrogen-bond acceptors (Lipinski definition) is 2. The van der Waals surface area contributed by atoms with Crippen molar-refractivity contribution in [1.29, 1.82) is 0 Å². The molecule has 0 bridgehead atoms. The third-order valence-corrected chi connectivity index (χ3v) is 4.09. The second kappa shape index (κ2) is 3.65. The second-order valence-electron chi connectivity index (χ2n) is 5.31. The molecule has 0 amide bonds. The fourth-order valence-corrected chi connectivity index (χ4v) is 2.64. The van der Waals surface area contributed by atoms with Crippen molar-refractivity contribution in [2.75, 3.05) is 6.54 Å². The summed E-state index contributed by atoms with van der Waals surface area (Å²) < 4.78 is 0. The lowest BCUT2D eigenvalue weighted by atomic mass is 9.67. The van der Waals surface area contributed by atoms with Crippen LogP contribution in [0.3, 0.4) is 0 Å². The number of ketones is 1. The highest BCUT2D eigenvalue weighted by Gasteiger charge is 2.45. The van der Waals surface area contributed by atoms with Gasteiger partial charge < -0.3 is 5.73 Å². The monoisotopic (exact) mass is 195 g/mol. The van der Waals surface area contributed by atoms with Gasteiger partial charge in [0.25, 0.3) is 0 Å². The van der Waals surface area contributed by atoms with Gasteiger partial charge in [-0.2, -0.15) is 0 Å². The van der Waals surface area contributed by atoms with Crippen molar-refractivity contribution in [3.05, 3.63) is 0 Å². The molecule has 2 aliphatic rings. The zero-order valence-electron chi connectivity index (χ0n) is 9.09. The minimum Gasteiger partial charge on any atom is -0.329 e. The molecule has 14 heavy (non-hydrogen) atoms.